The maximum absolute atomic E-state index is 6.23. The summed E-state index contributed by atoms with van der Waals surface area (Å²) in [6.45, 7) is 1.94. The van der Waals surface area contributed by atoms with Crippen LogP contribution < -0.4 is 5.73 Å². The number of hydrogen-bond acceptors (Lipinski definition) is 5. The van der Waals surface area contributed by atoms with Crippen LogP contribution in [-0.2, 0) is 0 Å². The summed E-state index contributed by atoms with van der Waals surface area (Å²) in [5.41, 5.74) is 7.40. The quantitative estimate of drug-likeness (QED) is 0.847. The van der Waals surface area contributed by atoms with Crippen LogP contribution >= 0.6 is 23.4 Å². The molecule has 2 rings (SSSR count). The fourth-order valence-electron chi connectivity index (χ4n) is 1.40. The number of nitrogens with two attached hydrogens (primary N) is 1. The standard InChI is InChI=1S/C11H11ClN4S/c1-6-4-3-5-7(8(6)12)9-14-10(13)16-11(15-9)17-2/h3-5H,1-2H3,(H2,13,14,15,16). The number of aromatic nitrogens is 3. The molecule has 1 aromatic carbocycles. The molecule has 0 radical (unpaired) electrons. The topological polar surface area (TPSA) is 64.7 Å². The Hall–Kier alpha value is -1.33. The molecule has 6 heteroatoms. The van der Waals surface area contributed by atoms with Gasteiger partial charge < -0.3 is 5.73 Å². The van der Waals surface area contributed by atoms with Crippen molar-refractivity contribution < 1.29 is 0 Å². The lowest BCUT2D eigenvalue weighted by Gasteiger charge is -2.06. The van der Waals surface area contributed by atoms with Gasteiger partial charge in [0.25, 0.3) is 0 Å². The van der Waals surface area contributed by atoms with Crippen molar-refractivity contribution in [1.82, 2.24) is 15.0 Å². The van der Waals surface area contributed by atoms with Crippen molar-refractivity contribution >= 4 is 29.3 Å². The normalized spacial score (nSPS) is 10.5. The van der Waals surface area contributed by atoms with Gasteiger partial charge >= 0.3 is 0 Å². The molecule has 2 aromatic rings. The minimum Gasteiger partial charge on any atom is -0.368 e. The summed E-state index contributed by atoms with van der Waals surface area (Å²) >= 11 is 7.64. The first-order valence-electron chi connectivity index (χ1n) is 4.93. The van der Waals surface area contributed by atoms with E-state index in [0.29, 0.717) is 16.0 Å². The molecule has 0 unspecified atom stereocenters. The first-order valence-corrected chi connectivity index (χ1v) is 6.53. The number of nitrogen functional groups attached to an aromatic ring is 1. The van der Waals surface area contributed by atoms with Gasteiger partial charge in [0.1, 0.15) is 0 Å². The van der Waals surface area contributed by atoms with Gasteiger partial charge in [-0.1, -0.05) is 35.5 Å². The second-order valence-electron chi connectivity index (χ2n) is 3.44. The minimum atomic E-state index is 0.205. The number of anilines is 1. The van der Waals surface area contributed by atoms with Crippen LogP contribution in [0.4, 0.5) is 5.95 Å². The Morgan fingerprint density at radius 3 is 2.71 bits per heavy atom. The molecule has 1 aromatic heterocycles. The number of halogens is 1. The molecule has 0 aliphatic carbocycles. The SMILES string of the molecule is CSc1nc(N)nc(-c2cccc(C)c2Cl)n1. The molecule has 0 saturated carbocycles. The number of aryl methyl sites for hydroxylation is 1. The summed E-state index contributed by atoms with van der Waals surface area (Å²) in [6.07, 6.45) is 1.89. The molecule has 0 fully saturated rings. The van der Waals surface area contributed by atoms with Crippen LogP contribution in [0.3, 0.4) is 0 Å². The smallest absolute Gasteiger partial charge is 0.224 e. The molecule has 0 atom stereocenters. The van der Waals surface area contributed by atoms with Crippen LogP contribution in [0.15, 0.2) is 23.4 Å². The third kappa shape index (κ3) is 2.50. The van der Waals surface area contributed by atoms with Crippen LogP contribution in [0.25, 0.3) is 11.4 Å². The molecule has 0 saturated heterocycles. The molecule has 0 spiro atoms. The monoisotopic (exact) mass is 266 g/mol. The largest absolute Gasteiger partial charge is 0.368 e. The fraction of sp³-hybridized carbons (Fsp3) is 0.182. The summed E-state index contributed by atoms with van der Waals surface area (Å²) in [7, 11) is 0. The molecular weight excluding hydrogens is 256 g/mol. The lowest BCUT2D eigenvalue weighted by Crippen LogP contribution is -2.01. The van der Waals surface area contributed by atoms with Gasteiger partial charge in [0.15, 0.2) is 11.0 Å². The van der Waals surface area contributed by atoms with E-state index in [2.05, 4.69) is 15.0 Å². The molecule has 88 valence electrons. The van der Waals surface area contributed by atoms with Gasteiger partial charge in [-0.25, -0.2) is 4.98 Å². The van der Waals surface area contributed by atoms with Crippen LogP contribution in [0.5, 0.6) is 0 Å². The van der Waals surface area contributed by atoms with E-state index in [1.807, 2.05) is 31.4 Å². The number of hydrogen-bond donors (Lipinski definition) is 1. The summed E-state index contributed by atoms with van der Waals surface area (Å²) in [6, 6.07) is 5.72. The van der Waals surface area contributed by atoms with Gasteiger partial charge in [0.05, 0.1) is 5.02 Å². The molecule has 1 heterocycles. The Balaban J connectivity index is 2.60. The number of thioether (sulfide) groups is 1. The fourth-order valence-corrected chi connectivity index (χ4v) is 1.98. The van der Waals surface area contributed by atoms with Crippen molar-refractivity contribution in [3.8, 4) is 11.4 Å². The average molecular weight is 267 g/mol. The maximum atomic E-state index is 6.23. The molecular formula is C11H11ClN4S. The van der Waals surface area contributed by atoms with E-state index >= 15 is 0 Å². The van der Waals surface area contributed by atoms with E-state index < -0.39 is 0 Å². The van der Waals surface area contributed by atoms with Crippen molar-refractivity contribution in [3.63, 3.8) is 0 Å². The zero-order valence-electron chi connectivity index (χ0n) is 9.44. The van der Waals surface area contributed by atoms with Crippen molar-refractivity contribution in [2.75, 3.05) is 12.0 Å². The van der Waals surface area contributed by atoms with E-state index in [1.165, 1.54) is 11.8 Å². The van der Waals surface area contributed by atoms with Gasteiger partial charge in [-0.15, -0.1) is 0 Å². The molecule has 0 bridgehead atoms. The van der Waals surface area contributed by atoms with E-state index in [0.717, 1.165) is 11.1 Å². The Labute approximate surface area is 109 Å². The Kier molecular flexibility index (Phi) is 3.49. The van der Waals surface area contributed by atoms with E-state index in [1.54, 1.807) is 0 Å². The summed E-state index contributed by atoms with van der Waals surface area (Å²) in [5.74, 6) is 0.715. The minimum absolute atomic E-state index is 0.205. The zero-order valence-corrected chi connectivity index (χ0v) is 11.0. The summed E-state index contributed by atoms with van der Waals surface area (Å²) < 4.78 is 0. The third-order valence-corrected chi connectivity index (χ3v) is 3.30. The van der Waals surface area contributed by atoms with Crippen molar-refractivity contribution in [3.05, 3.63) is 28.8 Å². The second kappa shape index (κ2) is 4.89. The van der Waals surface area contributed by atoms with Gasteiger partial charge in [0.2, 0.25) is 5.95 Å². The maximum Gasteiger partial charge on any atom is 0.224 e. The first kappa shape index (κ1) is 12.1. The average Bonchev–Trinajstić information content (AvgIpc) is 2.31. The van der Waals surface area contributed by atoms with Crippen LogP contribution in [0, 0.1) is 6.92 Å². The molecule has 4 nitrogen and oxygen atoms in total. The first-order chi connectivity index (χ1) is 8.11. The molecule has 0 aliphatic heterocycles. The van der Waals surface area contributed by atoms with Gasteiger partial charge in [0, 0.05) is 5.56 Å². The Bertz CT molecular complexity index is 559. The van der Waals surface area contributed by atoms with Crippen LogP contribution in [-0.4, -0.2) is 21.2 Å². The van der Waals surface area contributed by atoms with Crippen LogP contribution in [0.2, 0.25) is 5.02 Å². The number of benzene rings is 1. The Morgan fingerprint density at radius 2 is 2.00 bits per heavy atom. The highest BCUT2D eigenvalue weighted by Crippen LogP contribution is 2.28. The van der Waals surface area contributed by atoms with Crippen molar-refractivity contribution in [2.45, 2.75) is 12.1 Å². The van der Waals surface area contributed by atoms with E-state index in [9.17, 15) is 0 Å². The predicted molar refractivity (Wildman–Crippen MR) is 71.2 cm³/mol. The highest BCUT2D eigenvalue weighted by molar-refractivity contribution is 7.98. The lowest BCUT2D eigenvalue weighted by atomic mass is 10.1. The van der Waals surface area contributed by atoms with Crippen molar-refractivity contribution in [2.24, 2.45) is 0 Å². The summed E-state index contributed by atoms with van der Waals surface area (Å²) in [4.78, 5) is 12.4. The second-order valence-corrected chi connectivity index (χ2v) is 4.59. The predicted octanol–water partition coefficient (Wildman–Crippen LogP) is 2.80. The molecule has 0 aliphatic rings. The zero-order chi connectivity index (χ0) is 12.4. The highest BCUT2D eigenvalue weighted by Gasteiger charge is 2.10. The van der Waals surface area contributed by atoms with Gasteiger partial charge in [-0.3, -0.25) is 0 Å². The van der Waals surface area contributed by atoms with Crippen molar-refractivity contribution in [1.29, 1.82) is 0 Å². The third-order valence-electron chi connectivity index (χ3n) is 2.25. The number of nitrogens with zero attached hydrogens (tertiary/aromatic N) is 3. The molecule has 2 N–H and O–H groups in total. The lowest BCUT2D eigenvalue weighted by molar-refractivity contribution is 0.927. The number of rotatable bonds is 2. The van der Waals surface area contributed by atoms with Gasteiger partial charge in [-0.05, 0) is 24.8 Å². The molecule has 17 heavy (non-hydrogen) atoms. The highest BCUT2D eigenvalue weighted by atomic mass is 35.5. The van der Waals surface area contributed by atoms with Gasteiger partial charge in [-0.2, -0.15) is 9.97 Å². The Morgan fingerprint density at radius 1 is 1.24 bits per heavy atom. The van der Waals surface area contributed by atoms with E-state index in [-0.39, 0.29) is 5.95 Å². The van der Waals surface area contributed by atoms with Crippen LogP contribution in [0.1, 0.15) is 5.56 Å². The summed E-state index contributed by atoms with van der Waals surface area (Å²) in [5, 5.41) is 1.23. The molecule has 0 amide bonds. The van der Waals surface area contributed by atoms with E-state index in [4.69, 9.17) is 17.3 Å².